The number of carbonyl (C=O) groups is 1. The molecule has 0 aromatic heterocycles. The summed E-state index contributed by atoms with van der Waals surface area (Å²) in [5.74, 6) is -1.52. The fourth-order valence-corrected chi connectivity index (χ4v) is 1.96. The third-order valence-electron chi connectivity index (χ3n) is 2.66. The molecular weight excluding hydrogens is 254 g/mol. The average Bonchev–Trinajstić information content (AvgIpc) is 2.28. The summed E-state index contributed by atoms with van der Waals surface area (Å²) in [4.78, 5) is 10.8. The second-order valence-electron chi connectivity index (χ2n) is 4.38. The average molecular weight is 271 g/mol. The second-order valence-corrected chi connectivity index (χ2v) is 6.61. The molecule has 0 amide bonds. The van der Waals surface area contributed by atoms with Gasteiger partial charge in [0.2, 0.25) is 10.0 Å². The molecule has 1 aromatic carbocycles. The zero-order valence-electron chi connectivity index (χ0n) is 10.5. The first kappa shape index (κ1) is 14.5. The van der Waals surface area contributed by atoms with E-state index in [4.69, 9.17) is 5.11 Å². The molecule has 1 atom stereocenters. The number of carboxylic acid groups (broad SMARTS) is 1. The Morgan fingerprint density at radius 3 is 2.06 bits per heavy atom. The Hall–Kier alpha value is -1.56. The molecule has 100 valence electrons. The number of aliphatic carboxylic acids is 1. The van der Waals surface area contributed by atoms with E-state index in [0.29, 0.717) is 11.3 Å². The van der Waals surface area contributed by atoms with E-state index in [-0.39, 0.29) is 0 Å². The Morgan fingerprint density at radius 1 is 1.17 bits per heavy atom. The lowest BCUT2D eigenvalue weighted by molar-refractivity contribution is -0.138. The van der Waals surface area contributed by atoms with Crippen molar-refractivity contribution < 1.29 is 18.3 Å². The molecule has 0 saturated carbocycles. The van der Waals surface area contributed by atoms with Crippen LogP contribution in [0.25, 0.3) is 0 Å². The van der Waals surface area contributed by atoms with Crippen LogP contribution in [0.1, 0.15) is 32.3 Å². The van der Waals surface area contributed by atoms with Crippen LogP contribution in [0.5, 0.6) is 0 Å². The third-order valence-corrected chi connectivity index (χ3v) is 4.42. The van der Waals surface area contributed by atoms with Gasteiger partial charge in [0.05, 0.1) is 11.2 Å². The molecule has 18 heavy (non-hydrogen) atoms. The van der Waals surface area contributed by atoms with E-state index in [1.54, 1.807) is 45.0 Å². The summed E-state index contributed by atoms with van der Waals surface area (Å²) >= 11 is 0. The molecule has 0 unspecified atom stereocenters. The van der Waals surface area contributed by atoms with Gasteiger partial charge in [0, 0.05) is 5.69 Å². The van der Waals surface area contributed by atoms with Crippen LogP contribution in [-0.4, -0.2) is 24.7 Å². The van der Waals surface area contributed by atoms with Crippen LogP contribution in [0.15, 0.2) is 24.3 Å². The molecule has 0 spiro atoms. The maximum absolute atomic E-state index is 11.6. The Bertz CT molecular complexity index is 520. The van der Waals surface area contributed by atoms with E-state index >= 15 is 0 Å². The molecule has 0 aliphatic heterocycles. The second kappa shape index (κ2) is 5.39. The number of benzene rings is 1. The van der Waals surface area contributed by atoms with Crippen LogP contribution in [0.4, 0.5) is 5.69 Å². The first-order chi connectivity index (χ1) is 8.24. The Labute approximate surface area is 107 Å². The zero-order valence-corrected chi connectivity index (χ0v) is 11.4. The highest BCUT2D eigenvalue weighted by Crippen LogP contribution is 2.19. The molecule has 6 heteroatoms. The molecule has 0 aliphatic carbocycles. The van der Waals surface area contributed by atoms with Gasteiger partial charge in [-0.15, -0.1) is 0 Å². The number of anilines is 1. The Kier molecular flexibility index (Phi) is 4.34. The van der Waals surface area contributed by atoms with Crippen molar-refractivity contribution in [1.29, 1.82) is 0 Å². The van der Waals surface area contributed by atoms with Gasteiger partial charge in [0.15, 0.2) is 0 Å². The topological polar surface area (TPSA) is 83.5 Å². The SMILES string of the molecule is CC(C)S(=O)(=O)Nc1ccc([C@@H](C)C(=O)O)cc1. The van der Waals surface area contributed by atoms with Crippen LogP contribution in [0.2, 0.25) is 0 Å². The summed E-state index contributed by atoms with van der Waals surface area (Å²) in [7, 11) is -3.37. The van der Waals surface area contributed by atoms with Gasteiger partial charge in [-0.2, -0.15) is 0 Å². The van der Waals surface area contributed by atoms with Crippen molar-refractivity contribution in [3.63, 3.8) is 0 Å². The monoisotopic (exact) mass is 271 g/mol. The van der Waals surface area contributed by atoms with Gasteiger partial charge in [-0.3, -0.25) is 9.52 Å². The minimum Gasteiger partial charge on any atom is -0.481 e. The summed E-state index contributed by atoms with van der Waals surface area (Å²) in [6, 6.07) is 6.34. The molecule has 2 N–H and O–H groups in total. The Balaban J connectivity index is 2.88. The van der Waals surface area contributed by atoms with Crippen LogP contribution >= 0.6 is 0 Å². The lowest BCUT2D eigenvalue weighted by Crippen LogP contribution is -2.22. The van der Waals surface area contributed by atoms with Crippen molar-refractivity contribution in [1.82, 2.24) is 0 Å². The van der Waals surface area contributed by atoms with Crippen LogP contribution in [-0.2, 0) is 14.8 Å². The lowest BCUT2D eigenvalue weighted by Gasteiger charge is -2.12. The lowest BCUT2D eigenvalue weighted by atomic mass is 10.0. The van der Waals surface area contributed by atoms with Gasteiger partial charge in [-0.25, -0.2) is 8.42 Å². The highest BCUT2D eigenvalue weighted by atomic mass is 32.2. The third kappa shape index (κ3) is 3.46. The van der Waals surface area contributed by atoms with Crippen molar-refractivity contribution in [2.75, 3.05) is 4.72 Å². The van der Waals surface area contributed by atoms with Crippen LogP contribution in [0, 0.1) is 0 Å². The van der Waals surface area contributed by atoms with E-state index in [1.807, 2.05) is 0 Å². The fraction of sp³-hybridized carbons (Fsp3) is 0.417. The molecule has 1 aromatic rings. The van der Waals surface area contributed by atoms with Gasteiger partial charge >= 0.3 is 5.97 Å². The number of carboxylic acids is 1. The standard InChI is InChI=1S/C12H17NO4S/c1-8(2)18(16,17)13-11-6-4-10(5-7-11)9(3)12(14)15/h4-9,13H,1-3H3,(H,14,15)/t9-/m1/s1. The molecule has 0 aliphatic rings. The predicted octanol–water partition coefficient (Wildman–Crippen LogP) is 2.02. The number of sulfonamides is 1. The number of hydrogen-bond acceptors (Lipinski definition) is 3. The molecule has 0 saturated heterocycles. The van der Waals surface area contributed by atoms with Gasteiger partial charge in [-0.05, 0) is 38.5 Å². The van der Waals surface area contributed by atoms with Gasteiger partial charge in [0.1, 0.15) is 0 Å². The maximum Gasteiger partial charge on any atom is 0.310 e. The summed E-state index contributed by atoms with van der Waals surface area (Å²) in [6.07, 6.45) is 0. The van der Waals surface area contributed by atoms with Crippen molar-refractivity contribution in [2.24, 2.45) is 0 Å². The Morgan fingerprint density at radius 2 is 1.67 bits per heavy atom. The van der Waals surface area contributed by atoms with E-state index in [0.717, 1.165) is 0 Å². The normalized spacial score (nSPS) is 13.3. The van der Waals surface area contributed by atoms with Crippen molar-refractivity contribution in [3.05, 3.63) is 29.8 Å². The number of nitrogens with one attached hydrogen (secondary N) is 1. The first-order valence-electron chi connectivity index (χ1n) is 5.58. The minimum atomic E-state index is -3.37. The van der Waals surface area contributed by atoms with Crippen molar-refractivity contribution >= 4 is 21.7 Å². The molecule has 0 heterocycles. The van der Waals surface area contributed by atoms with Crippen molar-refractivity contribution in [3.8, 4) is 0 Å². The van der Waals surface area contributed by atoms with Crippen molar-refractivity contribution in [2.45, 2.75) is 31.9 Å². The highest BCUT2D eigenvalue weighted by Gasteiger charge is 2.16. The molecule has 0 bridgehead atoms. The van der Waals surface area contributed by atoms with E-state index in [9.17, 15) is 13.2 Å². The summed E-state index contributed by atoms with van der Waals surface area (Å²) < 4.78 is 25.7. The predicted molar refractivity (Wildman–Crippen MR) is 70.2 cm³/mol. The van der Waals surface area contributed by atoms with E-state index in [2.05, 4.69) is 4.72 Å². The molecule has 0 radical (unpaired) electrons. The van der Waals surface area contributed by atoms with Gasteiger partial charge in [0.25, 0.3) is 0 Å². The van der Waals surface area contributed by atoms with Crippen LogP contribution in [0.3, 0.4) is 0 Å². The highest BCUT2D eigenvalue weighted by molar-refractivity contribution is 7.93. The molecular formula is C12H17NO4S. The number of rotatable bonds is 5. The molecule has 0 fully saturated rings. The first-order valence-corrected chi connectivity index (χ1v) is 7.13. The van der Waals surface area contributed by atoms with Gasteiger partial charge in [-0.1, -0.05) is 12.1 Å². The summed E-state index contributed by atoms with van der Waals surface area (Å²) in [6.45, 7) is 4.75. The van der Waals surface area contributed by atoms with E-state index in [1.165, 1.54) is 0 Å². The summed E-state index contributed by atoms with van der Waals surface area (Å²) in [5.41, 5.74) is 1.07. The van der Waals surface area contributed by atoms with Gasteiger partial charge < -0.3 is 5.11 Å². The smallest absolute Gasteiger partial charge is 0.310 e. The van der Waals surface area contributed by atoms with E-state index < -0.39 is 27.2 Å². The fourth-order valence-electron chi connectivity index (χ4n) is 1.26. The number of hydrogen-bond donors (Lipinski definition) is 2. The molecule has 1 rings (SSSR count). The summed E-state index contributed by atoms with van der Waals surface area (Å²) in [5, 5.41) is 8.33. The van der Waals surface area contributed by atoms with Crippen LogP contribution < -0.4 is 4.72 Å². The largest absolute Gasteiger partial charge is 0.481 e. The zero-order chi connectivity index (χ0) is 13.9. The molecule has 5 nitrogen and oxygen atoms in total. The quantitative estimate of drug-likeness (QED) is 0.858. The maximum atomic E-state index is 11.6. The minimum absolute atomic E-state index is 0.435.